The fourth-order valence-electron chi connectivity index (χ4n) is 5.07. The van der Waals surface area contributed by atoms with Crippen LogP contribution in [0.4, 0.5) is 0 Å². The minimum Gasteiger partial charge on any atom is -0.497 e. The summed E-state index contributed by atoms with van der Waals surface area (Å²) in [5.74, 6) is 3.26. The summed E-state index contributed by atoms with van der Waals surface area (Å²) in [6.07, 6.45) is 6.20. The quantitative estimate of drug-likeness (QED) is 0.728. The van der Waals surface area contributed by atoms with E-state index in [0.717, 1.165) is 24.6 Å². The molecule has 2 aromatic rings. The Balaban J connectivity index is 1.36. The molecule has 0 N–H and O–H groups in total. The van der Waals surface area contributed by atoms with E-state index in [1.54, 1.807) is 14.2 Å². The van der Waals surface area contributed by atoms with Gasteiger partial charge in [-0.25, -0.2) is 10.0 Å². The van der Waals surface area contributed by atoms with Gasteiger partial charge in [-0.15, -0.1) is 0 Å². The Bertz CT molecular complexity index is 761. The van der Waals surface area contributed by atoms with Crippen LogP contribution in [0.25, 0.3) is 0 Å². The molecule has 5 rings (SSSR count). The molecular weight excluding hydrogens is 336 g/mol. The normalized spacial score (nSPS) is 28.8. The molecule has 1 heterocycles. The zero-order valence-corrected chi connectivity index (χ0v) is 15.9. The molecule has 2 fully saturated rings. The minimum absolute atomic E-state index is 0.653. The Morgan fingerprint density at radius 1 is 0.704 bits per heavy atom. The predicted molar refractivity (Wildman–Crippen MR) is 105 cm³/mol. The second-order valence-electron chi connectivity index (χ2n) is 7.82. The summed E-state index contributed by atoms with van der Waals surface area (Å²) < 4.78 is 10.6. The van der Waals surface area contributed by atoms with Crippen LogP contribution in [0.5, 0.6) is 11.5 Å². The van der Waals surface area contributed by atoms with Gasteiger partial charge in [0.25, 0.3) is 0 Å². The van der Waals surface area contributed by atoms with E-state index in [-0.39, 0.29) is 0 Å². The van der Waals surface area contributed by atoms with E-state index in [0.29, 0.717) is 23.9 Å². The lowest BCUT2D eigenvalue weighted by Gasteiger charge is -2.58. The number of rotatable bonds is 6. The van der Waals surface area contributed by atoms with E-state index in [2.05, 4.69) is 70.7 Å². The van der Waals surface area contributed by atoms with Gasteiger partial charge in [-0.1, -0.05) is 36.4 Å². The lowest BCUT2D eigenvalue weighted by atomic mass is 9.89. The van der Waals surface area contributed by atoms with Crippen LogP contribution in [0.1, 0.15) is 17.5 Å². The zero-order chi connectivity index (χ0) is 18.4. The molecule has 1 saturated heterocycles. The second kappa shape index (κ2) is 6.70. The fourth-order valence-corrected chi connectivity index (χ4v) is 5.07. The number of fused-ring (bicyclic) bond motifs is 5. The van der Waals surface area contributed by atoms with Crippen molar-refractivity contribution in [2.45, 2.75) is 31.6 Å². The molecule has 2 bridgehead atoms. The molecule has 140 valence electrons. The lowest BCUT2D eigenvalue weighted by Crippen LogP contribution is -2.71. The van der Waals surface area contributed by atoms with Gasteiger partial charge in [0.2, 0.25) is 0 Å². The molecule has 4 heteroatoms. The average molecular weight is 362 g/mol. The summed E-state index contributed by atoms with van der Waals surface area (Å²) in [6.45, 7) is 1.91. The maximum absolute atomic E-state index is 5.30. The third-order valence-electron chi connectivity index (χ3n) is 6.40. The number of methoxy groups -OCH3 is 2. The van der Waals surface area contributed by atoms with Gasteiger partial charge in [0.15, 0.2) is 0 Å². The molecule has 2 aliphatic carbocycles. The van der Waals surface area contributed by atoms with E-state index in [1.165, 1.54) is 17.5 Å². The molecule has 2 aromatic carbocycles. The zero-order valence-electron chi connectivity index (χ0n) is 15.9. The first kappa shape index (κ1) is 16.8. The molecule has 4 nitrogen and oxygen atoms in total. The third-order valence-corrected chi connectivity index (χ3v) is 6.40. The molecule has 4 unspecified atom stereocenters. The Kier molecular flexibility index (Phi) is 4.18. The molecule has 0 amide bonds. The number of ether oxygens (including phenoxy) is 2. The van der Waals surface area contributed by atoms with E-state index in [4.69, 9.17) is 9.47 Å². The minimum atomic E-state index is 0.653. The summed E-state index contributed by atoms with van der Waals surface area (Å²) in [5.41, 5.74) is 2.67. The summed E-state index contributed by atoms with van der Waals surface area (Å²) in [7, 11) is 3.43. The van der Waals surface area contributed by atoms with Crippen LogP contribution >= 0.6 is 0 Å². The number of hydrazine groups is 1. The molecule has 3 aliphatic rings. The van der Waals surface area contributed by atoms with Gasteiger partial charge < -0.3 is 9.47 Å². The highest BCUT2D eigenvalue weighted by molar-refractivity contribution is 5.30. The first-order valence-corrected chi connectivity index (χ1v) is 9.74. The first-order valence-electron chi connectivity index (χ1n) is 9.74. The van der Waals surface area contributed by atoms with Crippen LogP contribution in [-0.2, 0) is 13.1 Å². The van der Waals surface area contributed by atoms with Crippen molar-refractivity contribution in [2.24, 2.45) is 11.8 Å². The molecular formula is C23H26N2O2. The topological polar surface area (TPSA) is 24.9 Å². The van der Waals surface area contributed by atoms with Crippen molar-refractivity contribution >= 4 is 0 Å². The summed E-state index contributed by atoms with van der Waals surface area (Å²) in [4.78, 5) is 0. The van der Waals surface area contributed by atoms with E-state index in [1.807, 2.05) is 0 Å². The average Bonchev–Trinajstić information content (AvgIpc) is 3.30. The molecule has 27 heavy (non-hydrogen) atoms. The smallest absolute Gasteiger partial charge is 0.118 e. The van der Waals surface area contributed by atoms with Gasteiger partial charge in [-0.3, -0.25) is 0 Å². The number of hydrogen-bond acceptors (Lipinski definition) is 4. The van der Waals surface area contributed by atoms with Crippen LogP contribution < -0.4 is 9.47 Å². The molecule has 1 aliphatic heterocycles. The van der Waals surface area contributed by atoms with Crippen LogP contribution in [0.15, 0.2) is 60.7 Å². The van der Waals surface area contributed by atoms with Crippen molar-refractivity contribution in [1.29, 1.82) is 0 Å². The summed E-state index contributed by atoms with van der Waals surface area (Å²) in [6, 6.07) is 18.3. The SMILES string of the molecule is COc1ccc(CN2C3C4C=CC(C4)C3N2Cc2ccc(OC)cc2)cc1. The molecule has 0 spiro atoms. The molecule has 4 atom stereocenters. The van der Waals surface area contributed by atoms with E-state index >= 15 is 0 Å². The Morgan fingerprint density at radius 2 is 1.11 bits per heavy atom. The van der Waals surface area contributed by atoms with Crippen molar-refractivity contribution in [3.8, 4) is 11.5 Å². The Morgan fingerprint density at radius 3 is 1.48 bits per heavy atom. The van der Waals surface area contributed by atoms with Crippen LogP contribution in [-0.4, -0.2) is 36.3 Å². The second-order valence-corrected chi connectivity index (χ2v) is 7.82. The van der Waals surface area contributed by atoms with Crippen molar-refractivity contribution in [3.05, 3.63) is 71.8 Å². The van der Waals surface area contributed by atoms with E-state index < -0.39 is 0 Å². The standard InChI is InChI=1S/C23H26N2O2/c1-26-20-9-3-16(4-10-20)14-24-22-18-7-8-19(13-18)23(22)25(24)15-17-5-11-21(27-2)12-6-17/h3-12,18-19,22-23H,13-15H2,1-2H3. The number of nitrogens with zero attached hydrogens (tertiary/aromatic N) is 2. The largest absolute Gasteiger partial charge is 0.497 e. The monoisotopic (exact) mass is 362 g/mol. The first-order chi connectivity index (χ1) is 13.3. The summed E-state index contributed by atoms with van der Waals surface area (Å²) in [5, 5.41) is 5.18. The van der Waals surface area contributed by atoms with Gasteiger partial charge in [0, 0.05) is 25.2 Å². The Hall–Kier alpha value is -2.30. The van der Waals surface area contributed by atoms with Crippen molar-refractivity contribution in [3.63, 3.8) is 0 Å². The highest BCUT2D eigenvalue weighted by atomic mass is 16.5. The highest BCUT2D eigenvalue weighted by Crippen LogP contribution is 2.52. The van der Waals surface area contributed by atoms with Crippen LogP contribution in [0.3, 0.4) is 0 Å². The van der Waals surface area contributed by atoms with Gasteiger partial charge >= 0.3 is 0 Å². The maximum atomic E-state index is 5.30. The molecule has 1 saturated carbocycles. The number of hydrogen-bond donors (Lipinski definition) is 0. The molecule has 0 radical (unpaired) electrons. The van der Waals surface area contributed by atoms with Gasteiger partial charge in [-0.05, 0) is 53.6 Å². The maximum Gasteiger partial charge on any atom is 0.118 e. The van der Waals surface area contributed by atoms with Crippen molar-refractivity contribution < 1.29 is 9.47 Å². The third kappa shape index (κ3) is 2.84. The Labute approximate surface area is 161 Å². The summed E-state index contributed by atoms with van der Waals surface area (Å²) >= 11 is 0. The number of benzene rings is 2. The van der Waals surface area contributed by atoms with Crippen LogP contribution in [0.2, 0.25) is 0 Å². The van der Waals surface area contributed by atoms with Crippen molar-refractivity contribution in [1.82, 2.24) is 10.0 Å². The van der Waals surface area contributed by atoms with Crippen molar-refractivity contribution in [2.75, 3.05) is 14.2 Å². The lowest BCUT2D eigenvalue weighted by molar-refractivity contribution is -0.227. The van der Waals surface area contributed by atoms with Gasteiger partial charge in [0.1, 0.15) is 11.5 Å². The molecule has 0 aromatic heterocycles. The predicted octanol–water partition coefficient (Wildman–Crippen LogP) is 3.88. The van der Waals surface area contributed by atoms with Gasteiger partial charge in [-0.2, -0.15) is 0 Å². The van der Waals surface area contributed by atoms with E-state index in [9.17, 15) is 0 Å². The fraction of sp³-hybridized carbons (Fsp3) is 0.391. The highest BCUT2D eigenvalue weighted by Gasteiger charge is 2.58. The van der Waals surface area contributed by atoms with Crippen LogP contribution in [0, 0.1) is 11.8 Å². The van der Waals surface area contributed by atoms with Gasteiger partial charge in [0.05, 0.1) is 14.2 Å².